The minimum Gasteiger partial charge on any atom is -0.368 e. The van der Waals surface area contributed by atoms with E-state index in [9.17, 15) is 4.79 Å². The van der Waals surface area contributed by atoms with Crippen molar-refractivity contribution in [3.63, 3.8) is 0 Å². The zero-order chi connectivity index (χ0) is 8.15. The minimum absolute atomic E-state index is 0.331. The van der Waals surface area contributed by atoms with Gasteiger partial charge in [-0.25, -0.2) is 0 Å². The lowest BCUT2D eigenvalue weighted by Gasteiger charge is -2.10. The van der Waals surface area contributed by atoms with E-state index in [1.54, 1.807) is 13.8 Å². The Kier molecular flexibility index (Phi) is 3.44. The highest BCUT2D eigenvalue weighted by Gasteiger charge is 2.10. The SMILES string of the molecule is CC(C#N)NC(C)C(N)=O. The molecule has 0 aliphatic rings. The number of primary amides is 1. The van der Waals surface area contributed by atoms with Crippen LogP contribution in [0.4, 0.5) is 0 Å². The summed E-state index contributed by atoms with van der Waals surface area (Å²) in [5.74, 6) is -0.442. The summed E-state index contributed by atoms with van der Waals surface area (Å²) in [6, 6.07) is 1.17. The maximum atomic E-state index is 10.4. The van der Waals surface area contributed by atoms with Gasteiger partial charge in [-0.1, -0.05) is 0 Å². The van der Waals surface area contributed by atoms with Gasteiger partial charge >= 0.3 is 0 Å². The molecule has 56 valence electrons. The van der Waals surface area contributed by atoms with Crippen LogP contribution >= 0.6 is 0 Å². The van der Waals surface area contributed by atoms with Gasteiger partial charge in [0.1, 0.15) is 0 Å². The third kappa shape index (κ3) is 3.05. The normalized spacial score (nSPS) is 15.3. The van der Waals surface area contributed by atoms with E-state index in [0.717, 1.165) is 0 Å². The molecule has 2 unspecified atom stereocenters. The Hall–Kier alpha value is -1.08. The summed E-state index contributed by atoms with van der Waals surface area (Å²) in [5.41, 5.74) is 4.93. The first kappa shape index (κ1) is 8.92. The van der Waals surface area contributed by atoms with E-state index >= 15 is 0 Å². The van der Waals surface area contributed by atoms with Crippen molar-refractivity contribution >= 4 is 5.91 Å². The Labute approximate surface area is 60.0 Å². The molecule has 0 rings (SSSR count). The van der Waals surface area contributed by atoms with Crippen LogP contribution in [0.25, 0.3) is 0 Å². The van der Waals surface area contributed by atoms with Crippen molar-refractivity contribution in [1.29, 1.82) is 5.26 Å². The number of carbonyl (C=O) groups excluding carboxylic acids is 1. The molecule has 0 aromatic heterocycles. The Morgan fingerprint density at radius 1 is 1.70 bits per heavy atom. The number of hydrogen-bond acceptors (Lipinski definition) is 3. The molecule has 0 radical (unpaired) electrons. The highest BCUT2D eigenvalue weighted by atomic mass is 16.1. The molecule has 0 aromatic carbocycles. The number of nitrogens with zero attached hydrogens (tertiary/aromatic N) is 1. The van der Waals surface area contributed by atoms with Crippen LogP contribution in [0, 0.1) is 11.3 Å². The molecule has 0 aliphatic heterocycles. The summed E-state index contributed by atoms with van der Waals surface area (Å²) in [5, 5.41) is 11.0. The van der Waals surface area contributed by atoms with Gasteiger partial charge < -0.3 is 5.73 Å². The fourth-order valence-corrected chi connectivity index (χ4v) is 0.494. The minimum atomic E-state index is -0.442. The predicted molar refractivity (Wildman–Crippen MR) is 36.9 cm³/mol. The monoisotopic (exact) mass is 141 g/mol. The molecule has 0 aromatic rings. The van der Waals surface area contributed by atoms with Crippen LogP contribution in [-0.4, -0.2) is 18.0 Å². The lowest BCUT2D eigenvalue weighted by molar-refractivity contribution is -0.119. The van der Waals surface area contributed by atoms with Gasteiger partial charge in [0.15, 0.2) is 0 Å². The van der Waals surface area contributed by atoms with E-state index in [0.29, 0.717) is 0 Å². The number of carbonyl (C=O) groups is 1. The van der Waals surface area contributed by atoms with Crippen LogP contribution < -0.4 is 11.1 Å². The zero-order valence-corrected chi connectivity index (χ0v) is 6.09. The van der Waals surface area contributed by atoms with Gasteiger partial charge in [-0.15, -0.1) is 0 Å². The number of nitrogens with one attached hydrogen (secondary N) is 1. The zero-order valence-electron chi connectivity index (χ0n) is 6.09. The van der Waals surface area contributed by atoms with Crippen molar-refractivity contribution in [3.05, 3.63) is 0 Å². The van der Waals surface area contributed by atoms with Gasteiger partial charge in [-0.3, -0.25) is 10.1 Å². The molecule has 0 bridgehead atoms. The molecular weight excluding hydrogens is 130 g/mol. The third-order valence-electron chi connectivity index (χ3n) is 1.12. The number of amides is 1. The number of hydrogen-bond donors (Lipinski definition) is 2. The van der Waals surface area contributed by atoms with Crippen molar-refractivity contribution in [2.75, 3.05) is 0 Å². The standard InChI is InChI=1S/C6H11N3O/c1-4(3-7)9-5(2)6(8)10/h4-5,9H,1-2H3,(H2,8,10). The van der Waals surface area contributed by atoms with Gasteiger partial charge in [0.25, 0.3) is 0 Å². The Morgan fingerprint density at radius 2 is 2.20 bits per heavy atom. The van der Waals surface area contributed by atoms with Crippen LogP contribution in [-0.2, 0) is 4.79 Å². The summed E-state index contributed by atoms with van der Waals surface area (Å²) in [6.07, 6.45) is 0. The molecule has 4 heteroatoms. The first-order valence-corrected chi connectivity index (χ1v) is 3.03. The molecule has 1 amide bonds. The van der Waals surface area contributed by atoms with Gasteiger partial charge in [0.05, 0.1) is 18.2 Å². The molecule has 3 N–H and O–H groups in total. The summed E-state index contributed by atoms with van der Waals surface area (Å²) in [7, 11) is 0. The average molecular weight is 141 g/mol. The quantitative estimate of drug-likeness (QED) is 0.548. The second-order valence-corrected chi connectivity index (χ2v) is 2.14. The van der Waals surface area contributed by atoms with Crippen molar-refractivity contribution in [1.82, 2.24) is 5.32 Å². The topological polar surface area (TPSA) is 78.9 Å². The summed E-state index contributed by atoms with van der Waals surface area (Å²) < 4.78 is 0. The Balaban J connectivity index is 3.70. The second kappa shape index (κ2) is 3.85. The van der Waals surface area contributed by atoms with E-state index in [4.69, 9.17) is 11.0 Å². The molecule has 0 saturated carbocycles. The number of nitrogens with two attached hydrogens (primary N) is 1. The molecular formula is C6H11N3O. The molecule has 0 heterocycles. The third-order valence-corrected chi connectivity index (χ3v) is 1.12. The van der Waals surface area contributed by atoms with E-state index in [1.807, 2.05) is 6.07 Å². The van der Waals surface area contributed by atoms with E-state index in [2.05, 4.69) is 5.32 Å². The fraction of sp³-hybridized carbons (Fsp3) is 0.667. The van der Waals surface area contributed by atoms with Crippen LogP contribution in [0.1, 0.15) is 13.8 Å². The molecule has 4 nitrogen and oxygen atoms in total. The maximum absolute atomic E-state index is 10.4. The fourth-order valence-electron chi connectivity index (χ4n) is 0.494. The van der Waals surface area contributed by atoms with Crippen LogP contribution in [0.15, 0.2) is 0 Å². The molecule has 0 fully saturated rings. The van der Waals surface area contributed by atoms with Crippen molar-refractivity contribution in [2.24, 2.45) is 5.73 Å². The molecule has 0 aliphatic carbocycles. The first-order valence-electron chi connectivity index (χ1n) is 3.03. The lowest BCUT2D eigenvalue weighted by Crippen LogP contribution is -2.42. The highest BCUT2D eigenvalue weighted by molar-refractivity contribution is 5.79. The number of rotatable bonds is 3. The lowest BCUT2D eigenvalue weighted by atomic mass is 10.3. The maximum Gasteiger partial charge on any atom is 0.234 e. The molecule has 0 saturated heterocycles. The van der Waals surface area contributed by atoms with Crippen molar-refractivity contribution in [2.45, 2.75) is 25.9 Å². The van der Waals surface area contributed by atoms with Crippen LogP contribution in [0.2, 0.25) is 0 Å². The van der Waals surface area contributed by atoms with E-state index in [-0.39, 0.29) is 6.04 Å². The highest BCUT2D eigenvalue weighted by Crippen LogP contribution is 1.83. The van der Waals surface area contributed by atoms with E-state index in [1.165, 1.54) is 0 Å². The first-order chi connectivity index (χ1) is 4.57. The molecule has 10 heavy (non-hydrogen) atoms. The Morgan fingerprint density at radius 3 is 2.50 bits per heavy atom. The largest absolute Gasteiger partial charge is 0.368 e. The van der Waals surface area contributed by atoms with Crippen LogP contribution in [0.5, 0.6) is 0 Å². The van der Waals surface area contributed by atoms with Crippen molar-refractivity contribution in [3.8, 4) is 6.07 Å². The van der Waals surface area contributed by atoms with Crippen LogP contribution in [0.3, 0.4) is 0 Å². The summed E-state index contributed by atoms with van der Waals surface area (Å²) in [6.45, 7) is 3.29. The van der Waals surface area contributed by atoms with Gasteiger partial charge in [-0.2, -0.15) is 5.26 Å². The molecule has 2 atom stereocenters. The van der Waals surface area contributed by atoms with Gasteiger partial charge in [0.2, 0.25) is 5.91 Å². The summed E-state index contributed by atoms with van der Waals surface area (Å²) >= 11 is 0. The number of nitriles is 1. The van der Waals surface area contributed by atoms with E-state index < -0.39 is 11.9 Å². The second-order valence-electron chi connectivity index (χ2n) is 2.14. The van der Waals surface area contributed by atoms with Gasteiger partial charge in [-0.05, 0) is 13.8 Å². The average Bonchev–Trinajstić information content (AvgIpc) is 1.87. The Bertz CT molecular complexity index is 161. The van der Waals surface area contributed by atoms with Gasteiger partial charge in [0, 0.05) is 0 Å². The summed E-state index contributed by atoms with van der Waals surface area (Å²) in [4.78, 5) is 10.4. The molecule has 0 spiro atoms. The smallest absolute Gasteiger partial charge is 0.234 e. The predicted octanol–water partition coefficient (Wildman–Crippen LogP) is -0.638. The van der Waals surface area contributed by atoms with Crippen molar-refractivity contribution < 1.29 is 4.79 Å².